The largest absolute Gasteiger partial charge is 0.469 e. The number of carbonyl (C=O) groups is 2. The van der Waals surface area contributed by atoms with Crippen LogP contribution >= 0.6 is 0 Å². The lowest BCUT2D eigenvalue weighted by Crippen LogP contribution is -2.12. The fourth-order valence-electron chi connectivity index (χ4n) is 1.22. The molecular formula is C12H14O5. The number of hydrogen-bond donors (Lipinski definition) is 1. The molecule has 0 aliphatic heterocycles. The number of aliphatic hydroxyl groups excluding tert-OH is 1. The molecule has 17 heavy (non-hydrogen) atoms. The maximum Gasteiger partial charge on any atom is 0.317 e. The lowest BCUT2D eigenvalue weighted by molar-refractivity contribution is -0.153. The molecule has 5 nitrogen and oxygen atoms in total. The van der Waals surface area contributed by atoms with Crippen molar-refractivity contribution in [2.24, 2.45) is 0 Å². The van der Waals surface area contributed by atoms with Crippen molar-refractivity contribution in [1.82, 2.24) is 0 Å². The van der Waals surface area contributed by atoms with Gasteiger partial charge in [-0.15, -0.1) is 0 Å². The molecule has 0 fully saturated rings. The average Bonchev–Trinajstić information content (AvgIpc) is 2.36. The van der Waals surface area contributed by atoms with Crippen LogP contribution in [0.2, 0.25) is 0 Å². The minimum absolute atomic E-state index is 0.0655. The van der Waals surface area contributed by atoms with Crippen molar-refractivity contribution in [1.29, 1.82) is 0 Å². The lowest BCUT2D eigenvalue weighted by Gasteiger charge is -2.05. The topological polar surface area (TPSA) is 72.8 Å². The zero-order chi connectivity index (χ0) is 12.7. The van der Waals surface area contributed by atoms with Gasteiger partial charge in [-0.3, -0.25) is 9.59 Å². The molecule has 0 aliphatic carbocycles. The first-order chi connectivity index (χ1) is 8.15. The smallest absolute Gasteiger partial charge is 0.317 e. The minimum atomic E-state index is -0.633. The quantitative estimate of drug-likeness (QED) is 0.606. The van der Waals surface area contributed by atoms with Gasteiger partial charge in [0, 0.05) is 0 Å². The Morgan fingerprint density at radius 2 is 1.94 bits per heavy atom. The van der Waals surface area contributed by atoms with Gasteiger partial charge in [0.2, 0.25) is 0 Å². The van der Waals surface area contributed by atoms with Crippen LogP contribution < -0.4 is 0 Å². The molecule has 0 amide bonds. The van der Waals surface area contributed by atoms with Gasteiger partial charge in [-0.25, -0.2) is 0 Å². The molecule has 0 saturated carbocycles. The molecule has 1 aromatic rings. The van der Waals surface area contributed by atoms with Crippen molar-refractivity contribution in [3.63, 3.8) is 0 Å². The van der Waals surface area contributed by atoms with Gasteiger partial charge in [-0.2, -0.15) is 0 Å². The van der Waals surface area contributed by atoms with E-state index in [0.717, 1.165) is 11.1 Å². The molecule has 0 aliphatic rings. The van der Waals surface area contributed by atoms with Crippen LogP contribution in [0.5, 0.6) is 0 Å². The average molecular weight is 238 g/mol. The summed E-state index contributed by atoms with van der Waals surface area (Å²) >= 11 is 0. The summed E-state index contributed by atoms with van der Waals surface area (Å²) in [5, 5.41) is 8.92. The van der Waals surface area contributed by atoms with Crippen LogP contribution in [0, 0.1) is 0 Å². The zero-order valence-corrected chi connectivity index (χ0v) is 9.51. The van der Waals surface area contributed by atoms with Crippen molar-refractivity contribution in [2.75, 3.05) is 7.11 Å². The first kappa shape index (κ1) is 13.2. The molecule has 0 radical (unpaired) electrons. The first-order valence-electron chi connectivity index (χ1n) is 5.07. The summed E-state index contributed by atoms with van der Waals surface area (Å²) in [7, 11) is 1.21. The summed E-state index contributed by atoms with van der Waals surface area (Å²) in [4.78, 5) is 21.9. The number of hydrogen-bond acceptors (Lipinski definition) is 5. The molecule has 1 rings (SSSR count). The number of carbonyl (C=O) groups excluding carboxylic acids is 2. The predicted octanol–water partition coefficient (Wildman–Crippen LogP) is 0.785. The van der Waals surface area contributed by atoms with Gasteiger partial charge in [-0.1, -0.05) is 24.3 Å². The van der Waals surface area contributed by atoms with E-state index in [2.05, 4.69) is 4.74 Å². The highest BCUT2D eigenvalue weighted by atomic mass is 16.5. The van der Waals surface area contributed by atoms with Crippen molar-refractivity contribution < 1.29 is 24.2 Å². The Labute approximate surface area is 99.0 Å². The van der Waals surface area contributed by atoms with E-state index in [1.54, 1.807) is 24.3 Å². The zero-order valence-electron chi connectivity index (χ0n) is 9.51. The van der Waals surface area contributed by atoms with E-state index in [4.69, 9.17) is 9.84 Å². The summed E-state index contributed by atoms with van der Waals surface area (Å²) in [5.74, 6) is -1.26. The van der Waals surface area contributed by atoms with Crippen LogP contribution in [0.25, 0.3) is 0 Å². The number of aliphatic hydroxyl groups is 1. The van der Waals surface area contributed by atoms with Gasteiger partial charge in [-0.05, 0) is 11.1 Å². The first-order valence-corrected chi connectivity index (χ1v) is 5.07. The maximum absolute atomic E-state index is 11.2. The van der Waals surface area contributed by atoms with Gasteiger partial charge in [0.15, 0.2) is 0 Å². The van der Waals surface area contributed by atoms with E-state index in [1.165, 1.54) is 7.11 Å². The Kier molecular flexibility index (Phi) is 5.16. The third kappa shape index (κ3) is 4.65. The molecular weight excluding hydrogens is 224 g/mol. The molecule has 5 heteroatoms. The van der Waals surface area contributed by atoms with Crippen LogP contribution in [0.3, 0.4) is 0 Å². The monoisotopic (exact) mass is 238 g/mol. The van der Waals surface area contributed by atoms with Crippen LogP contribution in [0.1, 0.15) is 17.5 Å². The highest BCUT2D eigenvalue weighted by Gasteiger charge is 2.10. The van der Waals surface area contributed by atoms with E-state index >= 15 is 0 Å². The van der Waals surface area contributed by atoms with E-state index in [1.807, 2.05) is 0 Å². The van der Waals surface area contributed by atoms with E-state index in [9.17, 15) is 9.59 Å². The number of methoxy groups -OCH3 is 1. The summed E-state index contributed by atoms with van der Waals surface area (Å²) in [5.41, 5.74) is 1.50. The Balaban J connectivity index is 2.44. The number of esters is 2. The molecule has 0 heterocycles. The third-order valence-electron chi connectivity index (χ3n) is 2.09. The van der Waals surface area contributed by atoms with Gasteiger partial charge in [0.1, 0.15) is 13.0 Å². The van der Waals surface area contributed by atoms with Crippen molar-refractivity contribution in [3.05, 3.63) is 35.4 Å². The SMILES string of the molecule is COC(=O)CC(=O)OCc1cccc(CO)c1. The van der Waals surface area contributed by atoms with Crippen LogP contribution in [-0.4, -0.2) is 24.2 Å². The maximum atomic E-state index is 11.2. The van der Waals surface area contributed by atoms with E-state index < -0.39 is 18.4 Å². The Hall–Kier alpha value is -1.88. The molecule has 1 aromatic carbocycles. The molecule has 92 valence electrons. The van der Waals surface area contributed by atoms with E-state index in [-0.39, 0.29) is 13.2 Å². The molecule has 0 bridgehead atoms. The molecule has 0 unspecified atom stereocenters. The summed E-state index contributed by atoms with van der Waals surface area (Å²) in [6.45, 7) is 0.00755. The normalized spacial score (nSPS) is 9.76. The standard InChI is InChI=1S/C12H14O5/c1-16-11(14)6-12(15)17-8-10-4-2-3-9(5-10)7-13/h2-5,13H,6-8H2,1H3. The van der Waals surface area contributed by atoms with Gasteiger partial charge >= 0.3 is 11.9 Å². The minimum Gasteiger partial charge on any atom is -0.469 e. The predicted molar refractivity (Wildman–Crippen MR) is 58.8 cm³/mol. The fourth-order valence-corrected chi connectivity index (χ4v) is 1.22. The van der Waals surface area contributed by atoms with E-state index in [0.29, 0.717) is 0 Å². The Morgan fingerprint density at radius 1 is 1.24 bits per heavy atom. The highest BCUT2D eigenvalue weighted by molar-refractivity contribution is 5.91. The van der Waals surface area contributed by atoms with Crippen molar-refractivity contribution in [2.45, 2.75) is 19.6 Å². The molecule has 0 spiro atoms. The number of rotatable bonds is 5. The second-order valence-corrected chi connectivity index (χ2v) is 3.39. The Morgan fingerprint density at radius 3 is 2.59 bits per heavy atom. The summed E-state index contributed by atoms with van der Waals surface area (Å²) < 4.78 is 9.22. The van der Waals surface area contributed by atoms with Crippen molar-refractivity contribution in [3.8, 4) is 0 Å². The van der Waals surface area contributed by atoms with Crippen LogP contribution in [0.4, 0.5) is 0 Å². The van der Waals surface area contributed by atoms with Gasteiger partial charge in [0.05, 0.1) is 13.7 Å². The van der Waals surface area contributed by atoms with Crippen LogP contribution in [0.15, 0.2) is 24.3 Å². The fraction of sp³-hybridized carbons (Fsp3) is 0.333. The second kappa shape index (κ2) is 6.65. The molecule has 1 N–H and O–H groups in total. The molecule has 0 aromatic heterocycles. The summed E-state index contributed by atoms with van der Waals surface area (Å²) in [6.07, 6.45) is -0.393. The highest BCUT2D eigenvalue weighted by Crippen LogP contribution is 2.07. The number of benzene rings is 1. The number of ether oxygens (including phenoxy) is 2. The second-order valence-electron chi connectivity index (χ2n) is 3.39. The van der Waals surface area contributed by atoms with Crippen molar-refractivity contribution >= 4 is 11.9 Å². The molecule has 0 atom stereocenters. The lowest BCUT2D eigenvalue weighted by atomic mass is 10.1. The summed E-state index contributed by atoms with van der Waals surface area (Å²) in [6, 6.07) is 7.02. The third-order valence-corrected chi connectivity index (χ3v) is 2.09. The van der Waals surface area contributed by atoms with Gasteiger partial charge < -0.3 is 14.6 Å². The Bertz CT molecular complexity index is 400. The van der Waals surface area contributed by atoms with Crippen LogP contribution in [-0.2, 0) is 32.3 Å². The van der Waals surface area contributed by atoms with Gasteiger partial charge in [0.25, 0.3) is 0 Å². The molecule has 0 saturated heterocycles.